The molecule has 4 heterocycles. The second-order valence-electron chi connectivity index (χ2n) is 9.05. The molecule has 2 atom stereocenters. The molecule has 0 saturated carbocycles. The number of piperazine rings is 1. The van der Waals surface area contributed by atoms with Crippen molar-refractivity contribution in [2.75, 3.05) is 36.4 Å². The number of aryl methyl sites for hydroxylation is 1. The summed E-state index contributed by atoms with van der Waals surface area (Å²) in [5.41, 5.74) is 4.65. The summed E-state index contributed by atoms with van der Waals surface area (Å²) >= 11 is 1.32. The van der Waals surface area contributed by atoms with Crippen molar-refractivity contribution in [2.24, 2.45) is 0 Å². The van der Waals surface area contributed by atoms with Gasteiger partial charge in [-0.1, -0.05) is 30.3 Å². The Morgan fingerprint density at radius 2 is 1.79 bits per heavy atom. The summed E-state index contributed by atoms with van der Waals surface area (Å²) in [6, 6.07) is 20.1. The first-order valence-electron chi connectivity index (χ1n) is 11.8. The molecule has 1 fully saturated rings. The molecule has 0 aliphatic carbocycles. The van der Waals surface area contributed by atoms with Crippen molar-refractivity contribution in [3.05, 3.63) is 77.8 Å². The molecule has 2 unspecified atom stereocenters. The standard InChI is InChI=1S/C26H28N4O2S2/c31-34(32,25-9-4-18-33-25)26(23-11-10-19-5-1-2-6-21(19)28-23)30-16-14-29(15-17-30)24-8-3-7-22-20(24)12-13-27-22/h1-9,12-13,18,23,26-28H,10-11,14-17H2. The van der Waals surface area contributed by atoms with Gasteiger partial charge in [-0.15, -0.1) is 11.3 Å². The van der Waals surface area contributed by atoms with E-state index in [-0.39, 0.29) is 6.04 Å². The molecule has 2 N–H and O–H groups in total. The van der Waals surface area contributed by atoms with E-state index in [1.165, 1.54) is 28.0 Å². The third-order valence-electron chi connectivity index (χ3n) is 7.11. The SMILES string of the molecule is O=S(=O)(c1cccs1)C(C1CCc2ccccc2N1)N1CCN(c2cccc3[nH]ccc23)CC1. The first-order valence-corrected chi connectivity index (χ1v) is 14.2. The molecule has 6 rings (SSSR count). The van der Waals surface area contributed by atoms with Gasteiger partial charge in [0, 0.05) is 54.7 Å². The molecule has 0 bridgehead atoms. The number of thiophene rings is 1. The summed E-state index contributed by atoms with van der Waals surface area (Å²) in [7, 11) is -3.51. The van der Waals surface area contributed by atoms with Gasteiger partial charge in [0.05, 0.1) is 6.04 Å². The van der Waals surface area contributed by atoms with Crippen molar-refractivity contribution >= 4 is 43.5 Å². The average Bonchev–Trinajstić information content (AvgIpc) is 3.57. The van der Waals surface area contributed by atoms with Gasteiger partial charge in [0.1, 0.15) is 9.58 Å². The number of rotatable bonds is 5. The van der Waals surface area contributed by atoms with E-state index in [9.17, 15) is 8.42 Å². The zero-order valence-electron chi connectivity index (χ0n) is 18.9. The average molecular weight is 493 g/mol. The van der Waals surface area contributed by atoms with Gasteiger partial charge in [-0.05, 0) is 54.1 Å². The van der Waals surface area contributed by atoms with Crippen LogP contribution in [0.2, 0.25) is 0 Å². The van der Waals surface area contributed by atoms with Gasteiger partial charge < -0.3 is 15.2 Å². The maximum absolute atomic E-state index is 13.9. The number of anilines is 2. The largest absolute Gasteiger partial charge is 0.379 e. The van der Waals surface area contributed by atoms with Crippen LogP contribution in [0.3, 0.4) is 0 Å². The lowest BCUT2D eigenvalue weighted by Gasteiger charge is -2.43. The summed E-state index contributed by atoms with van der Waals surface area (Å²) in [6.45, 7) is 3.00. The molecule has 6 nitrogen and oxygen atoms in total. The number of hydrogen-bond donors (Lipinski definition) is 2. The first kappa shape index (κ1) is 21.7. The van der Waals surface area contributed by atoms with Crippen molar-refractivity contribution in [3.8, 4) is 0 Å². The number of sulfone groups is 1. The highest BCUT2D eigenvalue weighted by molar-refractivity contribution is 7.94. The van der Waals surface area contributed by atoms with Crippen LogP contribution in [-0.2, 0) is 16.3 Å². The minimum atomic E-state index is -3.51. The predicted octanol–water partition coefficient (Wildman–Crippen LogP) is 4.58. The minimum Gasteiger partial charge on any atom is -0.379 e. The van der Waals surface area contributed by atoms with Gasteiger partial charge in [-0.25, -0.2) is 8.42 Å². The number of fused-ring (bicyclic) bond motifs is 2. The Hall–Kier alpha value is -2.81. The lowest BCUT2D eigenvalue weighted by atomic mass is 9.97. The Morgan fingerprint density at radius 3 is 2.62 bits per heavy atom. The smallest absolute Gasteiger partial charge is 0.205 e. The quantitative estimate of drug-likeness (QED) is 0.427. The van der Waals surface area contributed by atoms with Gasteiger partial charge in [-0.2, -0.15) is 0 Å². The number of hydrogen-bond acceptors (Lipinski definition) is 6. The van der Waals surface area contributed by atoms with Crippen LogP contribution < -0.4 is 10.2 Å². The molecular formula is C26H28N4O2S2. The van der Waals surface area contributed by atoms with Gasteiger partial charge in [0.2, 0.25) is 9.84 Å². The molecule has 0 radical (unpaired) electrons. The van der Waals surface area contributed by atoms with Crippen LogP contribution in [0.5, 0.6) is 0 Å². The topological polar surface area (TPSA) is 68.4 Å². The van der Waals surface area contributed by atoms with E-state index in [0.29, 0.717) is 17.3 Å². The summed E-state index contributed by atoms with van der Waals surface area (Å²) in [6.07, 6.45) is 3.66. The van der Waals surface area contributed by atoms with Gasteiger partial charge in [0.25, 0.3) is 0 Å². The molecule has 2 aromatic heterocycles. The number of benzene rings is 2. The number of para-hydroxylation sites is 1. The second-order valence-corrected chi connectivity index (χ2v) is 12.3. The van der Waals surface area contributed by atoms with E-state index in [2.05, 4.69) is 56.5 Å². The third-order valence-corrected chi connectivity index (χ3v) is 10.7. The van der Waals surface area contributed by atoms with Crippen LogP contribution in [0.1, 0.15) is 12.0 Å². The Bertz CT molecular complexity index is 1390. The fourth-order valence-corrected chi connectivity index (χ4v) is 8.64. The van der Waals surface area contributed by atoms with Crippen LogP contribution in [0.4, 0.5) is 11.4 Å². The Labute approximate surface area is 204 Å². The molecular weight excluding hydrogens is 464 g/mol. The van der Waals surface area contributed by atoms with Crippen molar-refractivity contribution in [2.45, 2.75) is 28.5 Å². The van der Waals surface area contributed by atoms with Gasteiger partial charge in [0.15, 0.2) is 0 Å². The molecule has 0 amide bonds. The molecule has 176 valence electrons. The third kappa shape index (κ3) is 3.79. The maximum atomic E-state index is 13.9. The lowest BCUT2D eigenvalue weighted by molar-refractivity contribution is 0.212. The number of nitrogens with one attached hydrogen (secondary N) is 2. The monoisotopic (exact) mass is 492 g/mol. The first-order chi connectivity index (χ1) is 16.6. The molecule has 2 aliphatic rings. The minimum absolute atomic E-state index is 0.151. The molecule has 2 aliphatic heterocycles. The summed E-state index contributed by atoms with van der Waals surface area (Å²) in [4.78, 5) is 7.86. The molecule has 34 heavy (non-hydrogen) atoms. The number of aromatic nitrogens is 1. The highest BCUT2D eigenvalue weighted by Gasteiger charge is 2.42. The zero-order chi connectivity index (χ0) is 23.1. The van der Waals surface area contributed by atoms with Crippen LogP contribution in [0, 0.1) is 0 Å². The van der Waals surface area contributed by atoms with Gasteiger partial charge in [-0.3, -0.25) is 4.90 Å². The van der Waals surface area contributed by atoms with Crippen LogP contribution in [0.15, 0.2) is 76.4 Å². The predicted molar refractivity (Wildman–Crippen MR) is 140 cm³/mol. The fourth-order valence-electron chi connectivity index (χ4n) is 5.45. The Kier molecular flexibility index (Phi) is 5.59. The highest BCUT2D eigenvalue weighted by Crippen LogP contribution is 2.34. The summed E-state index contributed by atoms with van der Waals surface area (Å²) in [5.74, 6) is 0. The maximum Gasteiger partial charge on any atom is 0.205 e. The van der Waals surface area contributed by atoms with Crippen molar-refractivity contribution in [1.29, 1.82) is 0 Å². The molecule has 0 spiro atoms. The zero-order valence-corrected chi connectivity index (χ0v) is 20.5. The van der Waals surface area contributed by atoms with E-state index < -0.39 is 15.2 Å². The number of aromatic amines is 1. The molecule has 1 saturated heterocycles. The van der Waals surface area contributed by atoms with Crippen molar-refractivity contribution in [3.63, 3.8) is 0 Å². The van der Waals surface area contributed by atoms with E-state index in [1.807, 2.05) is 29.8 Å². The summed E-state index contributed by atoms with van der Waals surface area (Å²) in [5, 5.41) is 6.06. The second kappa shape index (κ2) is 8.76. The number of nitrogens with zero attached hydrogens (tertiary/aromatic N) is 2. The van der Waals surface area contributed by atoms with Crippen molar-refractivity contribution < 1.29 is 8.42 Å². The normalized spacial score (nSPS) is 20.1. The Morgan fingerprint density at radius 1 is 0.941 bits per heavy atom. The number of H-pyrrole nitrogens is 1. The highest BCUT2D eigenvalue weighted by atomic mass is 32.2. The van der Waals surface area contributed by atoms with E-state index >= 15 is 0 Å². The molecule has 8 heteroatoms. The lowest BCUT2D eigenvalue weighted by Crippen LogP contribution is -2.58. The van der Waals surface area contributed by atoms with Crippen LogP contribution in [-0.4, -0.2) is 55.9 Å². The van der Waals surface area contributed by atoms with E-state index in [4.69, 9.17) is 0 Å². The Balaban J connectivity index is 1.29. The van der Waals surface area contributed by atoms with Gasteiger partial charge >= 0.3 is 0 Å². The van der Waals surface area contributed by atoms with Crippen LogP contribution in [0.25, 0.3) is 10.9 Å². The van der Waals surface area contributed by atoms with E-state index in [1.54, 1.807) is 6.07 Å². The van der Waals surface area contributed by atoms with Crippen LogP contribution >= 0.6 is 11.3 Å². The fraction of sp³-hybridized carbons (Fsp3) is 0.308. The van der Waals surface area contributed by atoms with Crippen molar-refractivity contribution in [1.82, 2.24) is 9.88 Å². The summed E-state index contributed by atoms with van der Waals surface area (Å²) < 4.78 is 28.3. The molecule has 2 aromatic carbocycles. The molecule has 4 aromatic rings. The van der Waals surface area contributed by atoms with E-state index in [0.717, 1.165) is 37.1 Å².